The predicted octanol–water partition coefficient (Wildman–Crippen LogP) is 2.39. The fourth-order valence-electron chi connectivity index (χ4n) is 5.22. The molecule has 0 radical (unpaired) electrons. The molecule has 1 unspecified atom stereocenters. The van der Waals surface area contributed by atoms with Gasteiger partial charge in [0.15, 0.2) is 6.61 Å². The van der Waals surface area contributed by atoms with Crippen LogP contribution in [0.25, 0.3) is 0 Å². The van der Waals surface area contributed by atoms with E-state index in [4.69, 9.17) is 4.74 Å². The Balaban J connectivity index is 1.49. The van der Waals surface area contributed by atoms with Crippen LogP contribution in [0.15, 0.2) is 0 Å². The number of hydrogen-bond acceptors (Lipinski definition) is 8. The lowest BCUT2D eigenvalue weighted by atomic mass is 9.50. The highest BCUT2D eigenvalue weighted by Crippen LogP contribution is 2.60. The molecular weight excluding hydrogens is 412 g/mol. The lowest BCUT2D eigenvalue weighted by Crippen LogP contribution is -2.49. The van der Waals surface area contributed by atoms with Gasteiger partial charge in [0.1, 0.15) is 0 Å². The number of carbonyl (C=O) groups is 2. The lowest BCUT2D eigenvalue weighted by Gasteiger charge is -2.56. The van der Waals surface area contributed by atoms with Crippen LogP contribution in [0, 0.1) is 23.2 Å². The average molecular weight is 431 g/mol. The molecule has 4 aliphatic rings. The Morgan fingerprint density at radius 2 is 1.54 bits per heavy atom. The summed E-state index contributed by atoms with van der Waals surface area (Å²) in [6.07, 6.45) is 0.621. The summed E-state index contributed by atoms with van der Waals surface area (Å²) in [5.41, 5.74) is -0.126. The molecule has 0 heterocycles. The van der Waals surface area contributed by atoms with Gasteiger partial charge in [-0.25, -0.2) is 14.0 Å². The van der Waals surface area contributed by atoms with Gasteiger partial charge in [0.25, 0.3) is 0 Å². The van der Waals surface area contributed by atoms with E-state index in [1.165, 1.54) is 19.3 Å². The fraction of sp³-hybridized carbons (Fsp3) is 0.875. The second kappa shape index (κ2) is 7.96. The Labute approximate surface area is 162 Å². The molecule has 4 rings (SSSR count). The maximum atomic E-state index is 13.9. The number of alkyl halides is 4. The summed E-state index contributed by atoms with van der Waals surface area (Å²) in [5, 5.41) is 7.55. The summed E-state index contributed by atoms with van der Waals surface area (Å²) in [5.74, 6) is -1.68. The van der Waals surface area contributed by atoms with Crippen LogP contribution in [0.5, 0.6) is 0 Å². The van der Waals surface area contributed by atoms with Crippen molar-refractivity contribution in [1.82, 2.24) is 0 Å². The van der Waals surface area contributed by atoms with E-state index in [1.807, 2.05) is 0 Å². The molecule has 160 valence electrons. The Hall–Kier alpha value is -1.11. The average Bonchev–Trinajstić information content (AvgIpc) is 2.60. The van der Waals surface area contributed by atoms with E-state index in [0.717, 1.165) is 19.3 Å². The summed E-state index contributed by atoms with van der Waals surface area (Å²) in [6.45, 7) is -1.08. The largest absolute Gasteiger partial charge is 0.691 e. The summed E-state index contributed by atoms with van der Waals surface area (Å²) in [7, 11) is 0. The standard InChI is InChI=1S/C16H20F4O7S/c17-15(16(18,19)20,28-27-26-23)13(22)24-7-12(21)25-8-14-4-9-1-10(5-14)3-11(2-9)6-14/h9-11,23H,1-8H2/p-1. The number of hydrogen-bond donors (Lipinski definition) is 0. The number of halogens is 4. The van der Waals surface area contributed by atoms with Crippen LogP contribution in [-0.2, 0) is 28.4 Å². The van der Waals surface area contributed by atoms with Crippen molar-refractivity contribution in [3.8, 4) is 0 Å². The number of carbonyl (C=O) groups excluding carboxylic acids is 2. The molecule has 0 aromatic heterocycles. The number of ether oxygens (including phenoxy) is 2. The van der Waals surface area contributed by atoms with Crippen molar-refractivity contribution in [2.24, 2.45) is 23.2 Å². The van der Waals surface area contributed by atoms with Crippen LogP contribution < -0.4 is 5.26 Å². The van der Waals surface area contributed by atoms with Gasteiger partial charge in [0, 0.05) is 5.41 Å². The van der Waals surface area contributed by atoms with Gasteiger partial charge in [-0.15, -0.1) is 0 Å². The van der Waals surface area contributed by atoms with E-state index in [1.54, 1.807) is 0 Å². The minimum atomic E-state index is -5.77. The molecule has 4 saturated carbocycles. The topological polar surface area (TPSA) is 94.1 Å². The summed E-state index contributed by atoms with van der Waals surface area (Å²) >= 11 is -1.21. The Bertz CT molecular complexity index is 579. The van der Waals surface area contributed by atoms with Crippen LogP contribution in [0.1, 0.15) is 38.5 Å². The summed E-state index contributed by atoms with van der Waals surface area (Å²) in [4.78, 5) is 23.3. The van der Waals surface area contributed by atoms with Gasteiger partial charge in [-0.1, -0.05) is 0 Å². The van der Waals surface area contributed by atoms with Crippen molar-refractivity contribution >= 4 is 24.0 Å². The predicted molar refractivity (Wildman–Crippen MR) is 82.2 cm³/mol. The quantitative estimate of drug-likeness (QED) is 0.190. The zero-order valence-electron chi connectivity index (χ0n) is 14.7. The first-order chi connectivity index (χ1) is 13.1. The van der Waals surface area contributed by atoms with Gasteiger partial charge in [0.2, 0.25) is 0 Å². The first-order valence-corrected chi connectivity index (χ1v) is 9.54. The summed E-state index contributed by atoms with van der Waals surface area (Å²) in [6, 6.07) is 0. The molecule has 7 nitrogen and oxygen atoms in total. The minimum Gasteiger partial charge on any atom is -0.691 e. The van der Waals surface area contributed by atoms with Crippen molar-refractivity contribution in [3.63, 3.8) is 0 Å². The van der Waals surface area contributed by atoms with Crippen LogP contribution in [-0.4, -0.2) is 36.3 Å². The molecule has 4 aliphatic carbocycles. The lowest BCUT2D eigenvalue weighted by molar-refractivity contribution is -0.777. The zero-order chi connectivity index (χ0) is 20.6. The molecule has 0 amide bonds. The van der Waals surface area contributed by atoms with E-state index in [2.05, 4.69) is 14.1 Å². The molecule has 28 heavy (non-hydrogen) atoms. The highest BCUT2D eigenvalue weighted by Gasteiger charge is 2.66. The Morgan fingerprint density at radius 1 is 1.00 bits per heavy atom. The highest BCUT2D eigenvalue weighted by molar-refractivity contribution is 7.96. The highest BCUT2D eigenvalue weighted by atomic mass is 32.2. The molecule has 0 spiro atoms. The van der Waals surface area contributed by atoms with Crippen LogP contribution in [0.4, 0.5) is 17.6 Å². The van der Waals surface area contributed by atoms with Crippen molar-refractivity contribution in [3.05, 3.63) is 0 Å². The van der Waals surface area contributed by atoms with Gasteiger partial charge in [-0.05, 0) is 56.3 Å². The first kappa shape index (κ1) is 21.6. The van der Waals surface area contributed by atoms with Gasteiger partial charge in [-0.2, -0.15) is 17.5 Å². The normalized spacial score (nSPS) is 33.4. The monoisotopic (exact) mass is 431 g/mol. The molecule has 0 N–H and O–H groups in total. The third-order valence-electron chi connectivity index (χ3n) is 5.83. The van der Waals surface area contributed by atoms with E-state index in [9.17, 15) is 32.4 Å². The van der Waals surface area contributed by atoms with Crippen molar-refractivity contribution in [2.45, 2.75) is 49.7 Å². The van der Waals surface area contributed by atoms with Crippen molar-refractivity contribution in [1.29, 1.82) is 0 Å². The third-order valence-corrected chi connectivity index (χ3v) is 6.58. The van der Waals surface area contributed by atoms with E-state index >= 15 is 0 Å². The zero-order valence-corrected chi connectivity index (χ0v) is 15.5. The molecule has 0 aliphatic heterocycles. The van der Waals surface area contributed by atoms with Gasteiger partial charge < -0.3 is 14.7 Å². The van der Waals surface area contributed by atoms with Crippen LogP contribution in [0.3, 0.4) is 0 Å². The van der Waals surface area contributed by atoms with Crippen LogP contribution in [0.2, 0.25) is 0 Å². The Morgan fingerprint density at radius 3 is 2.00 bits per heavy atom. The molecule has 0 saturated heterocycles. The molecule has 1 atom stereocenters. The molecule has 4 fully saturated rings. The van der Waals surface area contributed by atoms with Gasteiger partial charge >= 0.3 is 23.1 Å². The van der Waals surface area contributed by atoms with Crippen molar-refractivity contribution < 1.29 is 51.3 Å². The van der Waals surface area contributed by atoms with Gasteiger partial charge in [-0.3, -0.25) is 5.04 Å². The van der Waals surface area contributed by atoms with E-state index < -0.39 is 41.8 Å². The SMILES string of the molecule is O=C(COC(=O)C(F)(SOO[O-])C(F)(F)F)OCC12CC3CC(CC(C3)C1)C2. The summed E-state index contributed by atoms with van der Waals surface area (Å²) < 4.78 is 64.6. The maximum Gasteiger partial charge on any atom is 0.446 e. The molecule has 0 aromatic rings. The van der Waals surface area contributed by atoms with E-state index in [0.29, 0.717) is 17.8 Å². The minimum absolute atomic E-state index is 0.106. The third kappa shape index (κ3) is 4.39. The second-order valence-electron chi connectivity index (χ2n) is 7.97. The number of rotatable bonds is 8. The van der Waals surface area contributed by atoms with Gasteiger partial charge in [0.05, 0.1) is 18.6 Å². The van der Waals surface area contributed by atoms with E-state index in [-0.39, 0.29) is 12.0 Å². The molecule has 12 heteroatoms. The fourth-order valence-corrected chi connectivity index (χ4v) is 5.56. The molecule has 0 aromatic carbocycles. The van der Waals surface area contributed by atoms with Crippen LogP contribution >= 0.6 is 12.0 Å². The van der Waals surface area contributed by atoms with Crippen molar-refractivity contribution in [2.75, 3.05) is 13.2 Å². The smallest absolute Gasteiger partial charge is 0.446 e. The Kier molecular flexibility index (Phi) is 6.14. The first-order valence-electron chi connectivity index (χ1n) is 8.80. The number of esters is 2. The second-order valence-corrected chi connectivity index (χ2v) is 8.83. The molecular formula is C16H19F4O7S-. The maximum absolute atomic E-state index is 13.9. The molecule has 4 bridgehead atoms.